The molecule has 1 aliphatic rings. The molecule has 0 aliphatic carbocycles. The predicted octanol–water partition coefficient (Wildman–Crippen LogP) is 2.90. The van der Waals surface area contributed by atoms with Crippen molar-refractivity contribution in [2.75, 3.05) is 0 Å². The van der Waals surface area contributed by atoms with Crippen LogP contribution in [0.25, 0.3) is 6.08 Å². The molecule has 2 aromatic rings. The number of carbonyl (C=O) groups is 2. The number of halogens is 1. The Morgan fingerprint density at radius 2 is 1.96 bits per heavy atom. The van der Waals surface area contributed by atoms with Crippen molar-refractivity contribution in [3.8, 4) is 0 Å². The van der Waals surface area contributed by atoms with E-state index in [0.29, 0.717) is 26.3 Å². The highest BCUT2D eigenvalue weighted by Gasteiger charge is 2.24. The average molecular weight is 372 g/mol. The Hall–Kier alpha value is -2.57. The predicted molar refractivity (Wildman–Crippen MR) is 97.8 cm³/mol. The number of amides is 1. The first-order chi connectivity index (χ1) is 11.9. The smallest absolute Gasteiger partial charge is 0.264 e. The summed E-state index contributed by atoms with van der Waals surface area (Å²) in [6.45, 7) is 1.86. The van der Waals surface area contributed by atoms with Gasteiger partial charge in [-0.1, -0.05) is 41.9 Å². The first-order valence-corrected chi connectivity index (χ1v) is 8.49. The van der Waals surface area contributed by atoms with E-state index >= 15 is 0 Å². The molecular weight excluding hydrogens is 360 g/mol. The number of rotatable bonds is 3. The number of carbonyl (C=O) groups excluding carboxylic acids is 2. The van der Waals surface area contributed by atoms with Gasteiger partial charge in [-0.05, 0) is 53.6 Å². The lowest BCUT2D eigenvalue weighted by Gasteiger charge is -2.02. The Balaban J connectivity index is 1.83. The van der Waals surface area contributed by atoms with Crippen LogP contribution in [0.15, 0.2) is 52.4 Å². The summed E-state index contributed by atoms with van der Waals surface area (Å²) < 4.78 is 0. The van der Waals surface area contributed by atoms with Gasteiger partial charge in [-0.3, -0.25) is 4.79 Å². The lowest BCUT2D eigenvalue weighted by Crippen LogP contribution is -2.21. The molecule has 1 fully saturated rings. The molecule has 0 spiro atoms. The van der Waals surface area contributed by atoms with Crippen LogP contribution in [0.2, 0.25) is 5.02 Å². The molecule has 0 atom stereocenters. The zero-order valence-electron chi connectivity index (χ0n) is 13.1. The minimum absolute atomic E-state index is 0.0874. The van der Waals surface area contributed by atoms with E-state index in [-0.39, 0.29) is 11.5 Å². The van der Waals surface area contributed by atoms with Crippen molar-refractivity contribution in [3.05, 3.63) is 69.1 Å². The van der Waals surface area contributed by atoms with Gasteiger partial charge < -0.3 is 15.2 Å². The second kappa shape index (κ2) is 7.13. The molecule has 1 heterocycles. The van der Waals surface area contributed by atoms with Crippen LogP contribution in [0.1, 0.15) is 21.5 Å². The quantitative estimate of drug-likeness (QED) is 0.841. The minimum atomic E-state index is -1.24. The molecule has 3 rings (SSSR count). The lowest BCUT2D eigenvalue weighted by molar-refractivity contribution is -0.255. The van der Waals surface area contributed by atoms with E-state index in [0.717, 1.165) is 5.56 Å². The summed E-state index contributed by atoms with van der Waals surface area (Å²) in [5, 5.41) is 14.5. The molecule has 1 saturated heterocycles. The van der Waals surface area contributed by atoms with Crippen LogP contribution in [0.4, 0.5) is 5.69 Å². The first-order valence-electron chi connectivity index (χ1n) is 7.30. The van der Waals surface area contributed by atoms with Crippen molar-refractivity contribution >= 4 is 52.2 Å². The number of nitrogens with one attached hydrogen (secondary N) is 1. The average Bonchev–Trinajstić information content (AvgIpc) is 2.92. The molecule has 5 nitrogen and oxygen atoms in total. The summed E-state index contributed by atoms with van der Waals surface area (Å²) in [5.74, 6) is -1.49. The molecule has 126 valence electrons. The minimum Gasteiger partial charge on any atom is -0.545 e. The highest BCUT2D eigenvalue weighted by molar-refractivity contribution is 8.18. The van der Waals surface area contributed by atoms with Crippen LogP contribution >= 0.6 is 23.4 Å². The molecule has 0 saturated carbocycles. The van der Waals surface area contributed by atoms with Gasteiger partial charge in [0, 0.05) is 5.02 Å². The number of carboxylic acids is 1. The molecule has 25 heavy (non-hydrogen) atoms. The third-order valence-corrected chi connectivity index (χ3v) is 4.88. The molecular formula is C18H12ClN2O3S-. The van der Waals surface area contributed by atoms with Crippen LogP contribution in [-0.4, -0.2) is 17.0 Å². The highest BCUT2D eigenvalue weighted by Crippen LogP contribution is 2.31. The zero-order chi connectivity index (χ0) is 18.0. The van der Waals surface area contributed by atoms with E-state index in [2.05, 4.69) is 10.3 Å². The maximum atomic E-state index is 12.1. The van der Waals surface area contributed by atoms with Gasteiger partial charge in [0.15, 0.2) is 5.17 Å². The number of aromatic carboxylic acids is 1. The number of carboxylic acid groups (broad SMARTS) is 1. The molecule has 0 aromatic heterocycles. The topological polar surface area (TPSA) is 81.6 Å². The van der Waals surface area contributed by atoms with Gasteiger partial charge in [-0.2, -0.15) is 0 Å². The van der Waals surface area contributed by atoms with E-state index in [1.165, 1.54) is 23.9 Å². The van der Waals surface area contributed by atoms with Gasteiger partial charge in [-0.15, -0.1) is 0 Å². The Morgan fingerprint density at radius 1 is 1.24 bits per heavy atom. The molecule has 0 radical (unpaired) electrons. The fourth-order valence-corrected chi connectivity index (χ4v) is 3.18. The number of nitrogens with zero attached hydrogens (tertiary/aromatic N) is 1. The maximum absolute atomic E-state index is 12.1. The summed E-state index contributed by atoms with van der Waals surface area (Å²) in [5.41, 5.74) is 2.32. The van der Waals surface area contributed by atoms with Crippen LogP contribution in [0.3, 0.4) is 0 Å². The zero-order valence-corrected chi connectivity index (χ0v) is 14.6. The standard InChI is InChI=1S/C18H13ClN2O3S/c1-10-13(19)3-2-4-14(10)20-18-21-16(22)15(25-18)9-11-5-7-12(8-6-11)17(23)24/h2-9H,1H3,(H,23,24)(H,20,21,22)/p-1/b15-9-. The molecule has 1 aliphatic heterocycles. The van der Waals surface area contributed by atoms with Crippen LogP contribution < -0.4 is 10.4 Å². The summed E-state index contributed by atoms with van der Waals surface area (Å²) in [7, 11) is 0. The third kappa shape index (κ3) is 3.92. The summed E-state index contributed by atoms with van der Waals surface area (Å²) in [6, 6.07) is 11.5. The largest absolute Gasteiger partial charge is 0.545 e. The van der Waals surface area contributed by atoms with Crippen molar-refractivity contribution in [2.24, 2.45) is 4.99 Å². The summed E-state index contributed by atoms with van der Waals surface area (Å²) in [4.78, 5) is 27.8. The second-order valence-electron chi connectivity index (χ2n) is 5.28. The summed E-state index contributed by atoms with van der Waals surface area (Å²) >= 11 is 7.29. The normalized spacial score (nSPS) is 17.1. The van der Waals surface area contributed by atoms with Crippen LogP contribution in [-0.2, 0) is 4.79 Å². The number of amidine groups is 1. The Morgan fingerprint density at radius 3 is 2.64 bits per heavy atom. The molecule has 7 heteroatoms. The number of aliphatic imine (C=N–C) groups is 1. The van der Waals surface area contributed by atoms with E-state index < -0.39 is 5.97 Å². The summed E-state index contributed by atoms with van der Waals surface area (Å²) in [6.07, 6.45) is 1.67. The third-order valence-electron chi connectivity index (χ3n) is 3.56. The van der Waals surface area contributed by atoms with E-state index in [4.69, 9.17) is 11.6 Å². The van der Waals surface area contributed by atoms with Crippen molar-refractivity contribution < 1.29 is 14.7 Å². The highest BCUT2D eigenvalue weighted by atomic mass is 35.5. The van der Waals surface area contributed by atoms with Gasteiger partial charge in [0.2, 0.25) is 0 Å². The monoisotopic (exact) mass is 371 g/mol. The SMILES string of the molecule is Cc1c(Cl)cccc1N=C1NC(=O)/C(=C/c2ccc(C(=O)[O-])cc2)S1. The fourth-order valence-electron chi connectivity index (χ4n) is 2.17. The Kier molecular flexibility index (Phi) is 4.92. The molecule has 0 unspecified atom stereocenters. The van der Waals surface area contributed by atoms with E-state index in [1.54, 1.807) is 30.3 Å². The van der Waals surface area contributed by atoms with Gasteiger partial charge >= 0.3 is 0 Å². The number of thioether (sulfide) groups is 1. The molecule has 1 amide bonds. The molecule has 0 bridgehead atoms. The number of hydrogen-bond acceptors (Lipinski definition) is 5. The van der Waals surface area contributed by atoms with Crippen LogP contribution in [0.5, 0.6) is 0 Å². The Bertz CT molecular complexity index is 920. The number of benzene rings is 2. The van der Waals surface area contributed by atoms with Crippen molar-refractivity contribution in [1.29, 1.82) is 0 Å². The fraction of sp³-hybridized carbons (Fsp3) is 0.0556. The van der Waals surface area contributed by atoms with Gasteiger partial charge in [0.1, 0.15) is 0 Å². The van der Waals surface area contributed by atoms with Gasteiger partial charge in [0.05, 0.1) is 16.6 Å². The maximum Gasteiger partial charge on any atom is 0.264 e. The second-order valence-corrected chi connectivity index (χ2v) is 6.71. The van der Waals surface area contributed by atoms with Gasteiger partial charge in [0.25, 0.3) is 5.91 Å². The van der Waals surface area contributed by atoms with E-state index in [1.807, 2.05) is 13.0 Å². The van der Waals surface area contributed by atoms with Gasteiger partial charge in [-0.25, -0.2) is 4.99 Å². The van der Waals surface area contributed by atoms with Crippen LogP contribution in [0, 0.1) is 6.92 Å². The molecule has 1 N–H and O–H groups in total. The van der Waals surface area contributed by atoms with Crippen molar-refractivity contribution in [2.45, 2.75) is 6.92 Å². The Labute approximate surface area is 153 Å². The van der Waals surface area contributed by atoms with Crippen molar-refractivity contribution in [1.82, 2.24) is 5.32 Å². The van der Waals surface area contributed by atoms with Crippen molar-refractivity contribution in [3.63, 3.8) is 0 Å². The first kappa shape index (κ1) is 17.3. The number of hydrogen-bond donors (Lipinski definition) is 1. The molecule has 2 aromatic carbocycles. The lowest BCUT2D eigenvalue weighted by atomic mass is 10.1. The van der Waals surface area contributed by atoms with E-state index in [9.17, 15) is 14.7 Å².